The Morgan fingerprint density at radius 3 is 2.71 bits per heavy atom. The molecule has 0 aliphatic heterocycles. The van der Waals surface area contributed by atoms with Crippen LogP contribution in [0.25, 0.3) is 16.8 Å². The Bertz CT molecular complexity index is 1030. The van der Waals surface area contributed by atoms with Gasteiger partial charge in [0.1, 0.15) is 0 Å². The lowest BCUT2D eigenvalue weighted by Gasteiger charge is -2.09. The SMILES string of the molecule is Cc1ccc(C(=O)[C@@H](C)Sc2n[nH]c3nc4ccccc4n23)cc1. The fourth-order valence-electron chi connectivity index (χ4n) is 2.69. The average Bonchev–Trinajstić information content (AvgIpc) is 3.14. The first kappa shape index (κ1) is 15.0. The Balaban J connectivity index is 1.66. The molecule has 0 unspecified atom stereocenters. The van der Waals surface area contributed by atoms with E-state index in [4.69, 9.17) is 0 Å². The molecule has 5 nitrogen and oxygen atoms in total. The van der Waals surface area contributed by atoms with Gasteiger partial charge in [-0.25, -0.2) is 10.1 Å². The van der Waals surface area contributed by atoms with E-state index < -0.39 is 0 Å². The van der Waals surface area contributed by atoms with Crippen molar-refractivity contribution in [2.24, 2.45) is 0 Å². The number of imidazole rings is 1. The number of benzene rings is 2. The van der Waals surface area contributed by atoms with Crippen molar-refractivity contribution in [3.05, 3.63) is 59.7 Å². The number of Topliss-reactive ketones (excluding diaryl/α,β-unsaturated/α-hetero) is 1. The number of carbonyl (C=O) groups excluding carboxylic acids is 1. The van der Waals surface area contributed by atoms with Crippen molar-refractivity contribution in [2.75, 3.05) is 0 Å². The van der Waals surface area contributed by atoms with Crippen LogP contribution >= 0.6 is 11.8 Å². The Morgan fingerprint density at radius 1 is 1.17 bits per heavy atom. The third-order valence-corrected chi connectivity index (χ3v) is 5.04. The number of rotatable bonds is 4. The molecule has 0 saturated heterocycles. The second-order valence-electron chi connectivity index (χ2n) is 5.76. The zero-order valence-electron chi connectivity index (χ0n) is 13.4. The number of thioether (sulfide) groups is 1. The Labute approximate surface area is 143 Å². The number of ketones is 1. The van der Waals surface area contributed by atoms with Crippen molar-refractivity contribution in [1.29, 1.82) is 0 Å². The summed E-state index contributed by atoms with van der Waals surface area (Å²) < 4.78 is 1.96. The van der Waals surface area contributed by atoms with Crippen LogP contribution in [0.1, 0.15) is 22.8 Å². The van der Waals surface area contributed by atoms with Crippen molar-refractivity contribution in [3.8, 4) is 0 Å². The number of hydrogen-bond acceptors (Lipinski definition) is 4. The maximum absolute atomic E-state index is 12.6. The summed E-state index contributed by atoms with van der Waals surface area (Å²) in [4.78, 5) is 17.1. The molecule has 6 heteroatoms. The molecule has 1 atom stereocenters. The summed E-state index contributed by atoms with van der Waals surface area (Å²) in [5.74, 6) is 0.786. The topological polar surface area (TPSA) is 63.0 Å². The molecule has 0 spiro atoms. The highest BCUT2D eigenvalue weighted by Crippen LogP contribution is 2.27. The number of aromatic amines is 1. The molecule has 0 bridgehead atoms. The molecule has 2 aromatic carbocycles. The number of aromatic nitrogens is 4. The molecule has 2 heterocycles. The van der Waals surface area contributed by atoms with Crippen LogP contribution in [-0.2, 0) is 0 Å². The monoisotopic (exact) mass is 336 g/mol. The van der Waals surface area contributed by atoms with E-state index >= 15 is 0 Å². The van der Waals surface area contributed by atoms with E-state index in [1.807, 2.05) is 66.8 Å². The first-order valence-corrected chi connectivity index (χ1v) is 8.60. The molecule has 0 aliphatic rings. The van der Waals surface area contributed by atoms with E-state index in [0.29, 0.717) is 5.78 Å². The van der Waals surface area contributed by atoms with Gasteiger partial charge in [0.2, 0.25) is 5.78 Å². The Kier molecular flexibility index (Phi) is 3.61. The maximum Gasteiger partial charge on any atom is 0.231 e. The molecule has 0 fully saturated rings. The molecule has 24 heavy (non-hydrogen) atoms. The number of nitrogens with zero attached hydrogens (tertiary/aromatic N) is 3. The number of nitrogens with one attached hydrogen (secondary N) is 1. The number of H-pyrrole nitrogens is 1. The molecular weight excluding hydrogens is 320 g/mol. The van der Waals surface area contributed by atoms with Crippen LogP contribution in [0, 0.1) is 6.92 Å². The molecule has 1 N–H and O–H groups in total. The van der Waals surface area contributed by atoms with Crippen LogP contribution < -0.4 is 0 Å². The van der Waals surface area contributed by atoms with Crippen molar-refractivity contribution in [3.63, 3.8) is 0 Å². The number of carbonyl (C=O) groups is 1. The lowest BCUT2D eigenvalue weighted by atomic mass is 10.1. The van der Waals surface area contributed by atoms with Crippen LogP contribution in [0.15, 0.2) is 53.7 Å². The second kappa shape index (κ2) is 5.79. The number of fused-ring (bicyclic) bond motifs is 3. The number of para-hydroxylation sites is 2. The summed E-state index contributed by atoms with van der Waals surface area (Å²) >= 11 is 1.44. The van der Waals surface area contributed by atoms with Gasteiger partial charge in [-0.1, -0.05) is 53.7 Å². The third-order valence-electron chi connectivity index (χ3n) is 3.99. The fourth-order valence-corrected chi connectivity index (χ4v) is 3.63. The molecule has 0 aliphatic carbocycles. The molecule has 2 aromatic heterocycles. The summed E-state index contributed by atoms with van der Waals surface area (Å²) in [6, 6.07) is 15.6. The molecule has 0 saturated carbocycles. The zero-order valence-corrected chi connectivity index (χ0v) is 14.2. The first-order valence-electron chi connectivity index (χ1n) is 7.72. The van der Waals surface area contributed by atoms with Gasteiger partial charge in [0.15, 0.2) is 10.9 Å². The van der Waals surface area contributed by atoms with E-state index in [-0.39, 0.29) is 11.0 Å². The van der Waals surface area contributed by atoms with Gasteiger partial charge in [-0.3, -0.25) is 9.20 Å². The second-order valence-corrected chi connectivity index (χ2v) is 7.06. The van der Waals surface area contributed by atoms with Gasteiger partial charge in [-0.15, -0.1) is 5.10 Å². The van der Waals surface area contributed by atoms with Crippen LogP contribution in [-0.4, -0.2) is 30.6 Å². The van der Waals surface area contributed by atoms with Gasteiger partial charge in [0.05, 0.1) is 16.3 Å². The first-order chi connectivity index (χ1) is 11.6. The molecule has 0 amide bonds. The van der Waals surface area contributed by atoms with Gasteiger partial charge in [-0.2, -0.15) is 0 Å². The summed E-state index contributed by atoms with van der Waals surface area (Å²) in [5.41, 5.74) is 3.76. The maximum atomic E-state index is 12.6. The van der Waals surface area contributed by atoms with Crippen LogP contribution in [0.2, 0.25) is 0 Å². The highest BCUT2D eigenvalue weighted by Gasteiger charge is 2.20. The third kappa shape index (κ3) is 2.49. The minimum absolute atomic E-state index is 0.0978. The lowest BCUT2D eigenvalue weighted by Crippen LogP contribution is -2.14. The number of hydrogen-bond donors (Lipinski definition) is 1. The standard InChI is InChI=1S/C18H16N4OS/c1-11-7-9-13(10-8-11)16(23)12(2)24-18-21-20-17-19-14-5-3-4-6-15(14)22(17)18/h3-10,12H,1-2H3,(H,19,20)/t12-/m1/s1. The van der Waals surface area contributed by atoms with Gasteiger partial charge in [0, 0.05) is 5.56 Å². The van der Waals surface area contributed by atoms with Crippen molar-refractivity contribution in [1.82, 2.24) is 19.6 Å². The average molecular weight is 336 g/mol. The zero-order chi connectivity index (χ0) is 16.7. The lowest BCUT2D eigenvalue weighted by molar-refractivity contribution is 0.0994. The summed E-state index contributed by atoms with van der Waals surface area (Å²) in [6.45, 7) is 3.92. The van der Waals surface area contributed by atoms with E-state index in [9.17, 15) is 4.79 Å². The number of aryl methyl sites for hydroxylation is 1. The minimum atomic E-state index is -0.236. The largest absolute Gasteiger partial charge is 0.293 e. The van der Waals surface area contributed by atoms with E-state index in [2.05, 4.69) is 15.2 Å². The van der Waals surface area contributed by atoms with Gasteiger partial charge >= 0.3 is 0 Å². The Hall–Kier alpha value is -2.60. The van der Waals surface area contributed by atoms with Crippen molar-refractivity contribution < 1.29 is 4.79 Å². The molecule has 4 rings (SSSR count). The summed E-state index contributed by atoms with van der Waals surface area (Å²) in [5, 5.41) is 7.77. The van der Waals surface area contributed by atoms with Gasteiger partial charge in [-0.05, 0) is 26.0 Å². The minimum Gasteiger partial charge on any atom is -0.293 e. The molecular formula is C18H16N4OS. The Morgan fingerprint density at radius 2 is 1.92 bits per heavy atom. The highest BCUT2D eigenvalue weighted by atomic mass is 32.2. The highest BCUT2D eigenvalue weighted by molar-refractivity contribution is 8.00. The predicted molar refractivity (Wildman–Crippen MR) is 95.7 cm³/mol. The summed E-state index contributed by atoms with van der Waals surface area (Å²) in [6.07, 6.45) is 0. The van der Waals surface area contributed by atoms with Crippen LogP contribution in [0.4, 0.5) is 0 Å². The van der Waals surface area contributed by atoms with E-state index in [0.717, 1.165) is 27.3 Å². The van der Waals surface area contributed by atoms with Gasteiger partial charge < -0.3 is 0 Å². The summed E-state index contributed by atoms with van der Waals surface area (Å²) in [7, 11) is 0. The van der Waals surface area contributed by atoms with E-state index in [1.165, 1.54) is 11.8 Å². The fraction of sp³-hybridized carbons (Fsp3) is 0.167. The van der Waals surface area contributed by atoms with Crippen LogP contribution in [0.5, 0.6) is 0 Å². The normalized spacial score (nSPS) is 12.8. The molecule has 4 aromatic rings. The smallest absolute Gasteiger partial charge is 0.231 e. The van der Waals surface area contributed by atoms with Crippen molar-refractivity contribution >= 4 is 34.4 Å². The predicted octanol–water partition coefficient (Wildman–Crippen LogP) is 3.88. The van der Waals surface area contributed by atoms with Crippen molar-refractivity contribution in [2.45, 2.75) is 24.3 Å². The quantitative estimate of drug-likeness (QED) is 0.454. The molecule has 0 radical (unpaired) electrons. The van der Waals surface area contributed by atoms with Crippen LogP contribution in [0.3, 0.4) is 0 Å². The van der Waals surface area contributed by atoms with Gasteiger partial charge in [0.25, 0.3) is 0 Å². The van der Waals surface area contributed by atoms with E-state index in [1.54, 1.807) is 0 Å². The molecule has 120 valence electrons.